The van der Waals surface area contributed by atoms with Gasteiger partial charge in [-0.15, -0.1) is 6.58 Å². The third kappa shape index (κ3) is 9.50. The fourth-order valence-electron chi connectivity index (χ4n) is 4.04. The van der Waals surface area contributed by atoms with Gasteiger partial charge in [0.05, 0.1) is 24.7 Å². The standard InChI is InChI=1S/C31H36N2O5/c1-2-9-26(31(37)32-20-29(35)25-12-7-4-8-13-25)19-30(36)33-27(21-34)18-23-14-16-28(17-15-23)38-22-24-10-5-3-6-11-24/h2-8,10-17,26-27,29,34-35H,1,9,18-22H2,(H,32,37)(H,33,36)/t26-,27+,29+/m1/s1. The van der Waals surface area contributed by atoms with E-state index < -0.39 is 18.1 Å². The maximum Gasteiger partial charge on any atom is 0.224 e. The van der Waals surface area contributed by atoms with Gasteiger partial charge in [0, 0.05) is 13.0 Å². The Balaban J connectivity index is 1.47. The average molecular weight is 517 g/mol. The summed E-state index contributed by atoms with van der Waals surface area (Å²) in [6.07, 6.45) is 1.45. The van der Waals surface area contributed by atoms with Crippen molar-refractivity contribution in [3.63, 3.8) is 0 Å². The minimum absolute atomic E-state index is 0.0441. The Hall–Kier alpha value is -3.94. The van der Waals surface area contributed by atoms with Gasteiger partial charge in [-0.3, -0.25) is 9.59 Å². The number of hydrogen-bond acceptors (Lipinski definition) is 5. The van der Waals surface area contributed by atoms with Crippen LogP contribution in [0.25, 0.3) is 0 Å². The molecule has 200 valence electrons. The minimum atomic E-state index is -0.841. The van der Waals surface area contributed by atoms with E-state index in [2.05, 4.69) is 17.2 Å². The highest BCUT2D eigenvalue weighted by atomic mass is 16.5. The van der Waals surface area contributed by atoms with Crippen molar-refractivity contribution >= 4 is 11.8 Å². The average Bonchev–Trinajstić information content (AvgIpc) is 2.95. The molecule has 0 saturated carbocycles. The van der Waals surface area contributed by atoms with Crippen LogP contribution in [0.3, 0.4) is 0 Å². The van der Waals surface area contributed by atoms with Crippen molar-refractivity contribution in [3.05, 3.63) is 114 Å². The molecule has 0 aliphatic rings. The summed E-state index contributed by atoms with van der Waals surface area (Å²) in [5.74, 6) is -0.562. The molecule has 0 aliphatic heterocycles. The molecule has 0 saturated heterocycles. The van der Waals surface area contributed by atoms with E-state index in [0.29, 0.717) is 25.0 Å². The molecule has 2 amide bonds. The normalized spacial score (nSPS) is 13.1. The molecule has 7 nitrogen and oxygen atoms in total. The van der Waals surface area contributed by atoms with Crippen molar-refractivity contribution in [2.45, 2.75) is 38.0 Å². The van der Waals surface area contributed by atoms with Gasteiger partial charge in [0.25, 0.3) is 0 Å². The highest BCUT2D eigenvalue weighted by Gasteiger charge is 2.23. The number of carbonyl (C=O) groups excluding carboxylic acids is 2. The smallest absolute Gasteiger partial charge is 0.224 e. The lowest BCUT2D eigenvalue weighted by atomic mass is 9.98. The van der Waals surface area contributed by atoms with Crippen molar-refractivity contribution in [1.29, 1.82) is 0 Å². The molecule has 3 aromatic rings. The molecule has 0 unspecified atom stereocenters. The second-order valence-corrected chi connectivity index (χ2v) is 9.17. The van der Waals surface area contributed by atoms with Gasteiger partial charge in [-0.25, -0.2) is 0 Å². The van der Waals surface area contributed by atoms with Gasteiger partial charge in [-0.2, -0.15) is 0 Å². The zero-order chi connectivity index (χ0) is 27.2. The molecule has 3 aromatic carbocycles. The fraction of sp³-hybridized carbons (Fsp3) is 0.290. The second-order valence-electron chi connectivity index (χ2n) is 9.17. The summed E-state index contributed by atoms with van der Waals surface area (Å²) in [7, 11) is 0. The lowest BCUT2D eigenvalue weighted by Gasteiger charge is -2.20. The predicted molar refractivity (Wildman–Crippen MR) is 147 cm³/mol. The summed E-state index contributed by atoms with van der Waals surface area (Å²) in [5, 5.41) is 25.7. The van der Waals surface area contributed by atoms with E-state index in [1.165, 1.54) is 0 Å². The van der Waals surface area contributed by atoms with Crippen LogP contribution in [0.1, 0.15) is 35.6 Å². The molecule has 3 rings (SSSR count). The summed E-state index contributed by atoms with van der Waals surface area (Å²) in [5.41, 5.74) is 2.72. The summed E-state index contributed by atoms with van der Waals surface area (Å²) >= 11 is 0. The number of aliphatic hydroxyl groups is 2. The van der Waals surface area contributed by atoms with E-state index in [4.69, 9.17) is 4.74 Å². The summed E-state index contributed by atoms with van der Waals surface area (Å²) in [4.78, 5) is 25.4. The van der Waals surface area contributed by atoms with Crippen molar-refractivity contribution in [3.8, 4) is 5.75 Å². The van der Waals surface area contributed by atoms with Crippen LogP contribution in [0.15, 0.2) is 97.6 Å². The zero-order valence-corrected chi connectivity index (χ0v) is 21.5. The molecule has 4 N–H and O–H groups in total. The molecule has 3 atom stereocenters. The number of nitrogens with one attached hydrogen (secondary N) is 2. The van der Waals surface area contributed by atoms with Crippen molar-refractivity contribution < 1.29 is 24.5 Å². The first-order valence-electron chi connectivity index (χ1n) is 12.8. The zero-order valence-electron chi connectivity index (χ0n) is 21.5. The van der Waals surface area contributed by atoms with Crippen LogP contribution in [-0.2, 0) is 22.6 Å². The first-order chi connectivity index (χ1) is 18.5. The monoisotopic (exact) mass is 516 g/mol. The van der Waals surface area contributed by atoms with E-state index in [-0.39, 0.29) is 31.4 Å². The molecule has 0 fully saturated rings. The molecular formula is C31H36N2O5. The number of hydrogen-bond donors (Lipinski definition) is 4. The van der Waals surface area contributed by atoms with E-state index in [0.717, 1.165) is 16.9 Å². The lowest BCUT2D eigenvalue weighted by molar-refractivity contribution is -0.131. The number of benzene rings is 3. The Bertz CT molecular complexity index is 1140. The van der Waals surface area contributed by atoms with Crippen molar-refractivity contribution in [1.82, 2.24) is 10.6 Å². The number of amides is 2. The molecule has 0 heterocycles. The van der Waals surface area contributed by atoms with E-state index >= 15 is 0 Å². The van der Waals surface area contributed by atoms with Crippen molar-refractivity contribution in [2.24, 2.45) is 5.92 Å². The maximum absolute atomic E-state index is 12.7. The predicted octanol–water partition coefficient (Wildman–Crippen LogP) is 3.72. The molecule has 0 bridgehead atoms. The highest BCUT2D eigenvalue weighted by molar-refractivity contribution is 5.86. The van der Waals surface area contributed by atoms with Gasteiger partial charge in [-0.05, 0) is 41.7 Å². The van der Waals surface area contributed by atoms with Crippen molar-refractivity contribution in [2.75, 3.05) is 13.2 Å². The fourth-order valence-corrected chi connectivity index (χ4v) is 4.04. The molecule has 7 heteroatoms. The number of carbonyl (C=O) groups is 2. The van der Waals surface area contributed by atoms with Gasteiger partial charge in [0.15, 0.2) is 0 Å². The van der Waals surface area contributed by atoms with Crippen LogP contribution in [0.5, 0.6) is 5.75 Å². The Kier molecular flexibility index (Phi) is 11.6. The van der Waals surface area contributed by atoms with Crippen LogP contribution in [-0.4, -0.2) is 41.2 Å². The first kappa shape index (κ1) is 28.6. The maximum atomic E-state index is 12.7. The number of allylic oxidation sites excluding steroid dienone is 1. The third-order valence-corrected chi connectivity index (χ3v) is 6.15. The summed E-state index contributed by atoms with van der Waals surface area (Å²) in [6.45, 7) is 3.97. The number of ether oxygens (including phenoxy) is 1. The molecular weight excluding hydrogens is 480 g/mol. The molecule has 0 aliphatic carbocycles. The van der Waals surface area contributed by atoms with Gasteiger partial charge >= 0.3 is 0 Å². The molecule has 0 spiro atoms. The third-order valence-electron chi connectivity index (χ3n) is 6.15. The molecule has 38 heavy (non-hydrogen) atoms. The Morgan fingerprint density at radius 3 is 2.21 bits per heavy atom. The Morgan fingerprint density at radius 1 is 0.921 bits per heavy atom. The topological polar surface area (TPSA) is 108 Å². The van der Waals surface area contributed by atoms with Gasteiger partial charge in [0.1, 0.15) is 12.4 Å². The van der Waals surface area contributed by atoms with Crippen LogP contribution in [0.2, 0.25) is 0 Å². The van der Waals surface area contributed by atoms with E-state index in [1.54, 1.807) is 18.2 Å². The highest BCUT2D eigenvalue weighted by Crippen LogP contribution is 2.17. The molecule has 0 radical (unpaired) electrons. The van der Waals surface area contributed by atoms with Gasteiger partial charge in [-0.1, -0.05) is 78.9 Å². The van der Waals surface area contributed by atoms with E-state index in [9.17, 15) is 19.8 Å². The van der Waals surface area contributed by atoms with Gasteiger partial charge < -0.3 is 25.6 Å². The number of aliphatic hydroxyl groups excluding tert-OH is 2. The SMILES string of the molecule is C=CC[C@H](CC(=O)N[C@H](CO)Cc1ccc(OCc2ccccc2)cc1)C(=O)NC[C@H](O)c1ccccc1. The quantitative estimate of drug-likeness (QED) is 0.230. The molecule has 0 aromatic heterocycles. The summed E-state index contributed by atoms with van der Waals surface area (Å²) < 4.78 is 5.81. The van der Waals surface area contributed by atoms with Crippen LogP contribution >= 0.6 is 0 Å². The minimum Gasteiger partial charge on any atom is -0.489 e. The van der Waals surface area contributed by atoms with Crippen LogP contribution in [0.4, 0.5) is 0 Å². The summed E-state index contributed by atoms with van der Waals surface area (Å²) in [6, 6.07) is 26.0. The lowest BCUT2D eigenvalue weighted by Crippen LogP contribution is -2.42. The number of rotatable bonds is 15. The Morgan fingerprint density at radius 2 is 1.58 bits per heavy atom. The van der Waals surface area contributed by atoms with Crippen LogP contribution in [0, 0.1) is 5.92 Å². The van der Waals surface area contributed by atoms with E-state index in [1.807, 2.05) is 72.8 Å². The van der Waals surface area contributed by atoms with Gasteiger partial charge in [0.2, 0.25) is 11.8 Å². The largest absolute Gasteiger partial charge is 0.489 e. The first-order valence-corrected chi connectivity index (χ1v) is 12.8. The van der Waals surface area contributed by atoms with Crippen LogP contribution < -0.4 is 15.4 Å². The Labute approximate surface area is 224 Å². The second kappa shape index (κ2) is 15.3.